The van der Waals surface area contributed by atoms with Crippen molar-refractivity contribution >= 4 is 5.97 Å². The molecular weight excluding hydrogens is 256 g/mol. The van der Waals surface area contributed by atoms with Crippen molar-refractivity contribution in [3.05, 3.63) is 23.7 Å². The van der Waals surface area contributed by atoms with Gasteiger partial charge in [0.1, 0.15) is 11.4 Å². The Labute approximate surface area is 120 Å². The molecule has 1 aliphatic carbocycles. The molecule has 0 spiro atoms. The largest absolute Gasteiger partial charge is 0.463 e. The van der Waals surface area contributed by atoms with Crippen molar-refractivity contribution in [2.75, 3.05) is 7.11 Å². The SMILES string of the molecule is COC(=O)c1ccc(C2(O)CCC(C(C)(C)C)CC2)o1. The van der Waals surface area contributed by atoms with Gasteiger partial charge >= 0.3 is 5.97 Å². The van der Waals surface area contributed by atoms with Crippen molar-refractivity contribution in [2.24, 2.45) is 11.3 Å². The summed E-state index contributed by atoms with van der Waals surface area (Å²) in [6, 6.07) is 3.25. The van der Waals surface area contributed by atoms with E-state index in [1.165, 1.54) is 7.11 Å². The number of aliphatic hydroxyl groups is 1. The van der Waals surface area contributed by atoms with Gasteiger partial charge in [-0.05, 0) is 49.1 Å². The number of rotatable bonds is 2. The summed E-state index contributed by atoms with van der Waals surface area (Å²) in [4.78, 5) is 11.4. The first-order valence-electron chi connectivity index (χ1n) is 7.17. The number of ether oxygens (including phenoxy) is 1. The van der Waals surface area contributed by atoms with Crippen LogP contribution in [0.15, 0.2) is 16.5 Å². The summed E-state index contributed by atoms with van der Waals surface area (Å²) >= 11 is 0. The molecule has 1 saturated carbocycles. The van der Waals surface area contributed by atoms with Crippen molar-refractivity contribution < 1.29 is 19.1 Å². The van der Waals surface area contributed by atoms with Gasteiger partial charge in [0.05, 0.1) is 7.11 Å². The van der Waals surface area contributed by atoms with Gasteiger partial charge in [-0.1, -0.05) is 20.8 Å². The van der Waals surface area contributed by atoms with Gasteiger partial charge in [0.15, 0.2) is 0 Å². The van der Waals surface area contributed by atoms with Crippen LogP contribution >= 0.6 is 0 Å². The lowest BCUT2D eigenvalue weighted by molar-refractivity contribution is -0.0460. The fourth-order valence-electron chi connectivity index (χ4n) is 3.01. The second kappa shape index (κ2) is 5.24. The average molecular weight is 280 g/mol. The summed E-state index contributed by atoms with van der Waals surface area (Å²) in [7, 11) is 1.31. The van der Waals surface area contributed by atoms with Crippen LogP contribution in [0.4, 0.5) is 0 Å². The van der Waals surface area contributed by atoms with Gasteiger partial charge in [-0.3, -0.25) is 0 Å². The third-order valence-electron chi connectivity index (χ3n) is 4.49. The Morgan fingerprint density at radius 3 is 2.45 bits per heavy atom. The van der Waals surface area contributed by atoms with Gasteiger partial charge in [-0.15, -0.1) is 0 Å². The van der Waals surface area contributed by atoms with Crippen LogP contribution in [0.25, 0.3) is 0 Å². The molecule has 0 aliphatic heterocycles. The number of methoxy groups -OCH3 is 1. The van der Waals surface area contributed by atoms with E-state index in [-0.39, 0.29) is 11.2 Å². The Morgan fingerprint density at radius 2 is 1.95 bits per heavy atom. The molecule has 0 radical (unpaired) electrons. The molecule has 20 heavy (non-hydrogen) atoms. The predicted octanol–water partition coefficient (Wildman–Crippen LogP) is 3.49. The van der Waals surface area contributed by atoms with Crippen LogP contribution in [-0.4, -0.2) is 18.2 Å². The fourth-order valence-corrected chi connectivity index (χ4v) is 3.01. The minimum absolute atomic E-state index is 0.147. The summed E-state index contributed by atoms with van der Waals surface area (Å²) in [5.41, 5.74) is -0.685. The van der Waals surface area contributed by atoms with Gasteiger partial charge in [0, 0.05) is 0 Å². The molecule has 1 aromatic heterocycles. The van der Waals surface area contributed by atoms with E-state index in [1.807, 2.05) is 0 Å². The molecule has 4 nitrogen and oxygen atoms in total. The molecule has 0 bridgehead atoms. The highest BCUT2D eigenvalue weighted by Gasteiger charge is 2.40. The third-order valence-corrected chi connectivity index (χ3v) is 4.49. The van der Waals surface area contributed by atoms with E-state index in [4.69, 9.17) is 4.42 Å². The number of carbonyl (C=O) groups is 1. The highest BCUT2D eigenvalue weighted by Crippen LogP contribution is 2.45. The highest BCUT2D eigenvalue weighted by molar-refractivity contribution is 5.86. The van der Waals surface area contributed by atoms with Gasteiger partial charge in [0.2, 0.25) is 5.76 Å². The van der Waals surface area contributed by atoms with Crippen molar-refractivity contribution in [2.45, 2.75) is 52.1 Å². The quantitative estimate of drug-likeness (QED) is 0.842. The first-order valence-corrected chi connectivity index (χ1v) is 7.17. The third kappa shape index (κ3) is 2.90. The number of hydrogen-bond acceptors (Lipinski definition) is 4. The Bertz CT molecular complexity index is 473. The van der Waals surface area contributed by atoms with Crippen LogP contribution < -0.4 is 0 Å². The zero-order chi connectivity index (χ0) is 15.0. The molecule has 0 aromatic carbocycles. The Hall–Kier alpha value is -1.29. The van der Waals surface area contributed by atoms with Crippen molar-refractivity contribution in [3.8, 4) is 0 Å². The molecule has 0 unspecified atom stereocenters. The first-order chi connectivity index (χ1) is 9.26. The van der Waals surface area contributed by atoms with Gasteiger partial charge in [0.25, 0.3) is 0 Å². The number of furan rings is 1. The lowest BCUT2D eigenvalue weighted by atomic mass is 9.68. The van der Waals surface area contributed by atoms with Crippen molar-refractivity contribution in [1.82, 2.24) is 0 Å². The van der Waals surface area contributed by atoms with Crippen LogP contribution in [-0.2, 0) is 10.3 Å². The maximum atomic E-state index is 11.4. The topological polar surface area (TPSA) is 59.7 Å². The molecule has 0 saturated heterocycles. The molecule has 4 heteroatoms. The minimum Gasteiger partial charge on any atom is -0.463 e. The standard InChI is InChI=1S/C16H24O4/c1-15(2,3)11-7-9-16(18,10-8-11)13-6-5-12(20-13)14(17)19-4/h5-6,11,18H,7-10H2,1-4H3. The molecule has 1 aromatic rings. The molecule has 1 N–H and O–H groups in total. The van der Waals surface area contributed by atoms with E-state index >= 15 is 0 Å². The summed E-state index contributed by atoms with van der Waals surface area (Å²) in [5.74, 6) is 0.722. The van der Waals surface area contributed by atoms with Gasteiger partial charge in [-0.25, -0.2) is 4.79 Å². The molecule has 1 aliphatic rings. The number of esters is 1. The zero-order valence-corrected chi connectivity index (χ0v) is 12.7. The van der Waals surface area contributed by atoms with Crippen LogP contribution in [0.3, 0.4) is 0 Å². The molecule has 0 atom stereocenters. The molecular formula is C16H24O4. The fraction of sp³-hybridized carbons (Fsp3) is 0.688. The molecule has 2 rings (SSSR count). The second-order valence-corrected chi connectivity index (χ2v) is 6.83. The molecule has 1 fully saturated rings. The maximum Gasteiger partial charge on any atom is 0.373 e. The Kier molecular flexibility index (Phi) is 3.96. The smallest absolute Gasteiger partial charge is 0.373 e. The van der Waals surface area contributed by atoms with Crippen LogP contribution in [0.1, 0.15) is 62.8 Å². The Morgan fingerprint density at radius 1 is 1.35 bits per heavy atom. The highest BCUT2D eigenvalue weighted by atomic mass is 16.5. The summed E-state index contributed by atoms with van der Waals surface area (Å²) < 4.78 is 10.1. The number of carbonyl (C=O) groups excluding carboxylic acids is 1. The minimum atomic E-state index is -0.950. The van der Waals surface area contributed by atoms with Crippen LogP contribution in [0.5, 0.6) is 0 Å². The van der Waals surface area contributed by atoms with Crippen molar-refractivity contribution in [1.29, 1.82) is 0 Å². The van der Waals surface area contributed by atoms with E-state index in [2.05, 4.69) is 25.5 Å². The first kappa shape index (κ1) is 15.1. The summed E-state index contributed by atoms with van der Waals surface area (Å²) in [6.45, 7) is 6.72. The summed E-state index contributed by atoms with van der Waals surface area (Å²) in [6.07, 6.45) is 3.27. The van der Waals surface area contributed by atoms with E-state index in [0.29, 0.717) is 24.5 Å². The average Bonchev–Trinajstić information content (AvgIpc) is 2.87. The van der Waals surface area contributed by atoms with E-state index < -0.39 is 11.6 Å². The second-order valence-electron chi connectivity index (χ2n) is 6.83. The summed E-state index contributed by atoms with van der Waals surface area (Å²) in [5, 5.41) is 10.7. The lowest BCUT2D eigenvalue weighted by Crippen LogP contribution is -2.35. The molecule has 1 heterocycles. The van der Waals surface area contributed by atoms with Gasteiger partial charge < -0.3 is 14.3 Å². The molecule has 112 valence electrons. The Balaban J connectivity index is 2.10. The van der Waals surface area contributed by atoms with E-state index in [9.17, 15) is 9.90 Å². The van der Waals surface area contributed by atoms with Gasteiger partial charge in [-0.2, -0.15) is 0 Å². The predicted molar refractivity (Wildman–Crippen MR) is 75.4 cm³/mol. The van der Waals surface area contributed by atoms with Crippen molar-refractivity contribution in [3.63, 3.8) is 0 Å². The lowest BCUT2D eigenvalue weighted by Gasteiger charge is -2.40. The maximum absolute atomic E-state index is 11.4. The normalized spacial score (nSPS) is 27.4. The monoisotopic (exact) mass is 280 g/mol. The van der Waals surface area contributed by atoms with Crippen LogP contribution in [0, 0.1) is 11.3 Å². The van der Waals surface area contributed by atoms with Crippen LogP contribution in [0.2, 0.25) is 0 Å². The van der Waals surface area contributed by atoms with E-state index in [1.54, 1.807) is 12.1 Å². The zero-order valence-electron chi connectivity index (χ0n) is 12.7. The van der Waals surface area contributed by atoms with E-state index in [0.717, 1.165) is 12.8 Å². The number of hydrogen-bond donors (Lipinski definition) is 1. The molecule has 0 amide bonds.